The Bertz CT molecular complexity index is 977. The molecular weight excluding hydrogens is 486 g/mol. The molecule has 3 fully saturated rings. The maximum Gasteiger partial charge on any atom is 0.196 e. The molecule has 210 valence electrons. The SMILES string of the molecule is c1c(CN2CCCN3CCCN=C32)cc(CN2CCCN3CCCN=C32)cc1CN1CCCN2CCCN=C21. The molecule has 0 radical (unpaired) electrons. The van der Waals surface area contributed by atoms with E-state index in [1.165, 1.54) is 73.1 Å². The number of guanidine groups is 3. The monoisotopic (exact) mass is 531 g/mol. The first-order valence-electron chi connectivity index (χ1n) is 15.5. The van der Waals surface area contributed by atoms with E-state index in [4.69, 9.17) is 15.0 Å². The molecule has 1 aromatic carbocycles. The second-order valence-electron chi connectivity index (χ2n) is 12.1. The zero-order valence-electron chi connectivity index (χ0n) is 23.6. The summed E-state index contributed by atoms with van der Waals surface area (Å²) in [7, 11) is 0. The van der Waals surface area contributed by atoms with E-state index in [9.17, 15) is 0 Å². The molecule has 0 spiro atoms. The van der Waals surface area contributed by atoms with Gasteiger partial charge in [-0.2, -0.15) is 0 Å². The van der Waals surface area contributed by atoms with Gasteiger partial charge < -0.3 is 29.4 Å². The van der Waals surface area contributed by atoms with Crippen LogP contribution in [0.5, 0.6) is 0 Å². The highest BCUT2D eigenvalue weighted by atomic mass is 15.4. The predicted octanol–water partition coefficient (Wildman–Crippen LogP) is 2.49. The molecule has 9 nitrogen and oxygen atoms in total. The van der Waals surface area contributed by atoms with Crippen molar-refractivity contribution in [2.45, 2.75) is 58.2 Å². The van der Waals surface area contributed by atoms with Crippen molar-refractivity contribution < 1.29 is 0 Å². The number of fused-ring (bicyclic) bond motifs is 3. The second kappa shape index (κ2) is 11.3. The standard InChI is InChI=1S/C30H45N9/c1-7-31-28-34(10-1)13-4-16-37(28)22-25-19-26(23-38-17-5-14-35-11-2-8-32-29(35)38)21-27(20-25)24-39-18-6-15-36-12-3-9-33-30(36)39/h19-21H,1-18,22-24H2. The van der Waals surface area contributed by atoms with Crippen molar-refractivity contribution in [3.05, 3.63) is 34.9 Å². The van der Waals surface area contributed by atoms with Crippen LogP contribution in [0.2, 0.25) is 0 Å². The van der Waals surface area contributed by atoms with Gasteiger partial charge in [0.25, 0.3) is 0 Å². The molecule has 0 bridgehead atoms. The molecule has 0 atom stereocenters. The average molecular weight is 532 g/mol. The van der Waals surface area contributed by atoms with Crippen LogP contribution in [0.1, 0.15) is 55.2 Å². The summed E-state index contributed by atoms with van der Waals surface area (Å²) in [4.78, 5) is 30.0. The van der Waals surface area contributed by atoms with E-state index in [0.717, 1.165) is 98.2 Å². The highest BCUT2D eigenvalue weighted by molar-refractivity contribution is 5.82. The lowest BCUT2D eigenvalue weighted by atomic mass is 10.0. The topological polar surface area (TPSA) is 56.5 Å². The van der Waals surface area contributed by atoms with Gasteiger partial charge in [0, 0.05) is 98.2 Å². The number of benzene rings is 1. The molecule has 0 N–H and O–H groups in total. The minimum Gasteiger partial charge on any atom is -0.343 e. The largest absolute Gasteiger partial charge is 0.343 e. The van der Waals surface area contributed by atoms with Gasteiger partial charge in [-0.1, -0.05) is 18.2 Å². The first kappa shape index (κ1) is 25.0. The smallest absolute Gasteiger partial charge is 0.196 e. The zero-order valence-corrected chi connectivity index (χ0v) is 23.6. The lowest BCUT2D eigenvalue weighted by molar-refractivity contribution is 0.235. The Kier molecular flexibility index (Phi) is 7.22. The Balaban J connectivity index is 1.16. The Hall–Kier alpha value is -2.97. The lowest BCUT2D eigenvalue weighted by Gasteiger charge is -2.42. The molecule has 0 amide bonds. The van der Waals surface area contributed by atoms with E-state index in [-0.39, 0.29) is 0 Å². The van der Waals surface area contributed by atoms with Crippen LogP contribution in [0, 0.1) is 0 Å². The number of hydrogen-bond acceptors (Lipinski definition) is 9. The third-order valence-electron chi connectivity index (χ3n) is 9.02. The normalized spacial score (nSPS) is 23.5. The van der Waals surface area contributed by atoms with E-state index >= 15 is 0 Å². The van der Waals surface area contributed by atoms with Gasteiger partial charge >= 0.3 is 0 Å². The summed E-state index contributed by atoms with van der Waals surface area (Å²) in [6, 6.07) is 7.40. The number of aliphatic imine (C=N–C) groups is 3. The summed E-state index contributed by atoms with van der Waals surface area (Å²) in [6.07, 6.45) is 7.22. The van der Waals surface area contributed by atoms with E-state index in [0.29, 0.717) is 0 Å². The highest BCUT2D eigenvalue weighted by Gasteiger charge is 2.29. The van der Waals surface area contributed by atoms with Gasteiger partial charge in [-0.05, 0) is 55.2 Å². The minimum atomic E-state index is 0.941. The maximum atomic E-state index is 4.96. The second-order valence-corrected chi connectivity index (χ2v) is 12.1. The number of rotatable bonds is 6. The summed E-state index contributed by atoms with van der Waals surface area (Å²) < 4.78 is 0. The van der Waals surface area contributed by atoms with Crippen LogP contribution in [-0.2, 0) is 19.6 Å². The van der Waals surface area contributed by atoms with Crippen molar-refractivity contribution >= 4 is 17.9 Å². The van der Waals surface area contributed by atoms with Crippen molar-refractivity contribution in [2.75, 3.05) is 78.5 Å². The van der Waals surface area contributed by atoms with Gasteiger partial charge in [0.15, 0.2) is 17.9 Å². The average Bonchev–Trinajstić information content (AvgIpc) is 2.98. The molecule has 7 rings (SSSR count). The fourth-order valence-electron chi connectivity index (χ4n) is 7.34. The van der Waals surface area contributed by atoms with Crippen LogP contribution < -0.4 is 0 Å². The van der Waals surface area contributed by atoms with Gasteiger partial charge in [0.2, 0.25) is 0 Å². The van der Waals surface area contributed by atoms with Gasteiger partial charge in [0.05, 0.1) is 0 Å². The van der Waals surface area contributed by atoms with Crippen LogP contribution in [0.25, 0.3) is 0 Å². The molecule has 0 saturated carbocycles. The summed E-state index contributed by atoms with van der Waals surface area (Å²) in [5.74, 6) is 3.68. The molecule has 6 aliphatic rings. The van der Waals surface area contributed by atoms with Gasteiger partial charge in [-0.3, -0.25) is 15.0 Å². The molecule has 0 unspecified atom stereocenters. The summed E-state index contributed by atoms with van der Waals surface area (Å²) >= 11 is 0. The summed E-state index contributed by atoms with van der Waals surface area (Å²) in [6.45, 7) is 16.0. The quantitative estimate of drug-likeness (QED) is 0.562. The molecular formula is C30H45N9. The third-order valence-corrected chi connectivity index (χ3v) is 9.02. The first-order chi connectivity index (χ1) is 19.3. The molecule has 1 aromatic rings. The van der Waals surface area contributed by atoms with E-state index in [1.807, 2.05) is 0 Å². The van der Waals surface area contributed by atoms with Gasteiger partial charge in [-0.15, -0.1) is 0 Å². The fourth-order valence-corrected chi connectivity index (χ4v) is 7.34. The summed E-state index contributed by atoms with van der Waals surface area (Å²) in [5, 5.41) is 0. The van der Waals surface area contributed by atoms with E-state index in [2.05, 4.69) is 47.6 Å². The lowest BCUT2D eigenvalue weighted by Crippen LogP contribution is -2.52. The predicted molar refractivity (Wildman–Crippen MR) is 157 cm³/mol. The van der Waals surface area contributed by atoms with Crippen LogP contribution in [0.4, 0.5) is 0 Å². The Labute approximate surface area is 233 Å². The Morgan fingerprint density at radius 3 is 1.05 bits per heavy atom. The molecule has 3 saturated heterocycles. The molecule has 0 aliphatic carbocycles. The molecule has 0 aromatic heterocycles. The van der Waals surface area contributed by atoms with E-state index < -0.39 is 0 Å². The van der Waals surface area contributed by atoms with Gasteiger partial charge in [0.1, 0.15) is 0 Å². The van der Waals surface area contributed by atoms with E-state index in [1.54, 1.807) is 0 Å². The van der Waals surface area contributed by atoms with Crippen molar-refractivity contribution in [1.82, 2.24) is 29.4 Å². The van der Waals surface area contributed by atoms with Crippen LogP contribution in [-0.4, -0.2) is 126 Å². The molecule has 6 aliphatic heterocycles. The van der Waals surface area contributed by atoms with Crippen LogP contribution in [0.3, 0.4) is 0 Å². The van der Waals surface area contributed by atoms with Crippen LogP contribution in [0.15, 0.2) is 33.2 Å². The Morgan fingerprint density at radius 1 is 0.410 bits per heavy atom. The van der Waals surface area contributed by atoms with Crippen molar-refractivity contribution in [3.63, 3.8) is 0 Å². The highest BCUT2D eigenvalue weighted by Crippen LogP contribution is 2.24. The van der Waals surface area contributed by atoms with Crippen LogP contribution >= 0.6 is 0 Å². The van der Waals surface area contributed by atoms with Crippen molar-refractivity contribution in [1.29, 1.82) is 0 Å². The number of hydrogen-bond donors (Lipinski definition) is 0. The van der Waals surface area contributed by atoms with Crippen molar-refractivity contribution in [3.8, 4) is 0 Å². The minimum absolute atomic E-state index is 0.941. The van der Waals surface area contributed by atoms with Crippen molar-refractivity contribution in [2.24, 2.45) is 15.0 Å². The first-order valence-corrected chi connectivity index (χ1v) is 15.5. The zero-order chi connectivity index (χ0) is 26.0. The Morgan fingerprint density at radius 2 is 0.718 bits per heavy atom. The summed E-state index contributed by atoms with van der Waals surface area (Å²) in [5.41, 5.74) is 4.24. The maximum absolute atomic E-state index is 4.96. The molecule has 39 heavy (non-hydrogen) atoms. The molecule has 9 heteroatoms. The molecule has 6 heterocycles. The third kappa shape index (κ3) is 5.41. The number of nitrogens with zero attached hydrogens (tertiary/aromatic N) is 9. The van der Waals surface area contributed by atoms with Gasteiger partial charge in [-0.25, -0.2) is 0 Å². The fraction of sp³-hybridized carbons (Fsp3) is 0.700.